The van der Waals surface area contributed by atoms with E-state index in [-0.39, 0.29) is 11.3 Å². The van der Waals surface area contributed by atoms with Gasteiger partial charge in [-0.2, -0.15) is 0 Å². The minimum Gasteiger partial charge on any atom is -0.376 e. The van der Waals surface area contributed by atoms with Gasteiger partial charge in [0, 0.05) is 13.1 Å². The zero-order chi connectivity index (χ0) is 13.6. The number of rotatable bonds is 5. The number of amides is 1. The molecule has 1 aliphatic heterocycles. The van der Waals surface area contributed by atoms with Crippen LogP contribution in [0.4, 0.5) is 0 Å². The molecule has 1 saturated heterocycles. The van der Waals surface area contributed by atoms with Crippen LogP contribution in [0.3, 0.4) is 0 Å². The molecule has 2 aliphatic rings. The largest absolute Gasteiger partial charge is 0.376 e. The summed E-state index contributed by atoms with van der Waals surface area (Å²) >= 11 is 0. The standard InChI is InChI=1S/C15H28N2O2/c1-15(8-5-9-16-12-15)14(18)17-10-11-19-13-6-3-2-4-7-13/h13,16H,2-12H2,1H3,(H,17,18). The van der Waals surface area contributed by atoms with Crippen molar-refractivity contribution < 1.29 is 9.53 Å². The maximum Gasteiger partial charge on any atom is 0.227 e. The topological polar surface area (TPSA) is 50.4 Å². The van der Waals surface area contributed by atoms with E-state index < -0.39 is 0 Å². The lowest BCUT2D eigenvalue weighted by Gasteiger charge is -2.32. The third kappa shape index (κ3) is 4.46. The monoisotopic (exact) mass is 268 g/mol. The molecule has 1 atom stereocenters. The Labute approximate surface area is 116 Å². The molecule has 1 heterocycles. The van der Waals surface area contributed by atoms with Gasteiger partial charge in [0.05, 0.1) is 18.1 Å². The summed E-state index contributed by atoms with van der Waals surface area (Å²) in [7, 11) is 0. The maximum atomic E-state index is 12.2. The Hall–Kier alpha value is -0.610. The lowest BCUT2D eigenvalue weighted by molar-refractivity contribution is -0.131. The van der Waals surface area contributed by atoms with E-state index in [1.807, 2.05) is 0 Å². The Morgan fingerprint density at radius 1 is 1.32 bits per heavy atom. The molecule has 4 heteroatoms. The van der Waals surface area contributed by atoms with Gasteiger partial charge in [0.2, 0.25) is 5.91 Å². The molecule has 0 bridgehead atoms. The van der Waals surface area contributed by atoms with E-state index in [9.17, 15) is 4.79 Å². The maximum absolute atomic E-state index is 12.2. The molecule has 2 N–H and O–H groups in total. The van der Waals surface area contributed by atoms with Crippen molar-refractivity contribution in [3.05, 3.63) is 0 Å². The number of nitrogens with one attached hydrogen (secondary N) is 2. The zero-order valence-corrected chi connectivity index (χ0v) is 12.2. The highest BCUT2D eigenvalue weighted by molar-refractivity contribution is 5.82. The molecule has 0 aromatic carbocycles. The van der Waals surface area contributed by atoms with Crippen molar-refractivity contribution in [1.29, 1.82) is 0 Å². The number of ether oxygens (including phenoxy) is 1. The third-order valence-electron chi connectivity index (χ3n) is 4.44. The summed E-state index contributed by atoms with van der Waals surface area (Å²) in [4.78, 5) is 12.2. The van der Waals surface area contributed by atoms with Crippen molar-refractivity contribution in [3.8, 4) is 0 Å². The SMILES string of the molecule is CC1(C(=O)NCCOC2CCCCC2)CCCNC1. The van der Waals surface area contributed by atoms with Crippen LogP contribution in [0.25, 0.3) is 0 Å². The van der Waals surface area contributed by atoms with Gasteiger partial charge in [-0.1, -0.05) is 19.3 Å². The highest BCUT2D eigenvalue weighted by atomic mass is 16.5. The first-order valence-electron chi connectivity index (χ1n) is 7.81. The molecule has 19 heavy (non-hydrogen) atoms. The van der Waals surface area contributed by atoms with E-state index in [4.69, 9.17) is 4.74 Å². The molecule has 2 fully saturated rings. The number of carbonyl (C=O) groups is 1. The lowest BCUT2D eigenvalue weighted by Crippen LogP contribution is -2.49. The van der Waals surface area contributed by atoms with Crippen LogP contribution in [0.2, 0.25) is 0 Å². The normalized spacial score (nSPS) is 29.1. The zero-order valence-electron chi connectivity index (χ0n) is 12.2. The average molecular weight is 268 g/mol. The minimum absolute atomic E-state index is 0.173. The second kappa shape index (κ2) is 7.25. The molecule has 1 aliphatic carbocycles. The van der Waals surface area contributed by atoms with Crippen molar-refractivity contribution in [3.63, 3.8) is 0 Å². The molecule has 0 aromatic rings. The summed E-state index contributed by atoms with van der Waals surface area (Å²) in [5.74, 6) is 0.173. The number of hydrogen-bond donors (Lipinski definition) is 2. The summed E-state index contributed by atoms with van der Waals surface area (Å²) in [6.45, 7) is 5.18. The van der Waals surface area contributed by atoms with Crippen molar-refractivity contribution in [1.82, 2.24) is 10.6 Å². The quantitative estimate of drug-likeness (QED) is 0.748. The number of carbonyl (C=O) groups excluding carboxylic acids is 1. The minimum atomic E-state index is -0.233. The van der Waals surface area contributed by atoms with E-state index in [0.717, 1.165) is 25.9 Å². The van der Waals surface area contributed by atoms with Crippen LogP contribution in [0.1, 0.15) is 51.9 Å². The molecular formula is C15H28N2O2. The van der Waals surface area contributed by atoms with E-state index in [1.54, 1.807) is 0 Å². The van der Waals surface area contributed by atoms with Crippen molar-refractivity contribution in [2.45, 2.75) is 58.0 Å². The second-order valence-corrected chi connectivity index (χ2v) is 6.23. The van der Waals surface area contributed by atoms with Crippen LogP contribution < -0.4 is 10.6 Å². The highest BCUT2D eigenvalue weighted by Crippen LogP contribution is 2.25. The van der Waals surface area contributed by atoms with Gasteiger partial charge in [0.15, 0.2) is 0 Å². The fraction of sp³-hybridized carbons (Fsp3) is 0.933. The summed E-state index contributed by atoms with van der Waals surface area (Å²) in [6, 6.07) is 0. The Bertz CT molecular complexity index is 282. The van der Waals surface area contributed by atoms with Gasteiger partial charge >= 0.3 is 0 Å². The summed E-state index contributed by atoms with van der Waals surface area (Å²) < 4.78 is 5.82. The lowest BCUT2D eigenvalue weighted by atomic mass is 9.82. The molecule has 110 valence electrons. The van der Waals surface area contributed by atoms with E-state index >= 15 is 0 Å². The van der Waals surface area contributed by atoms with Gasteiger partial charge in [-0.3, -0.25) is 4.79 Å². The second-order valence-electron chi connectivity index (χ2n) is 6.23. The van der Waals surface area contributed by atoms with Crippen LogP contribution in [-0.2, 0) is 9.53 Å². The molecule has 1 saturated carbocycles. The first-order valence-corrected chi connectivity index (χ1v) is 7.81. The van der Waals surface area contributed by atoms with Crippen molar-refractivity contribution in [2.75, 3.05) is 26.2 Å². The molecule has 0 aromatic heterocycles. The van der Waals surface area contributed by atoms with E-state index in [0.29, 0.717) is 19.3 Å². The molecule has 1 unspecified atom stereocenters. The van der Waals surface area contributed by atoms with Crippen LogP contribution in [0, 0.1) is 5.41 Å². The predicted octanol–water partition coefficient (Wildman–Crippen LogP) is 1.84. The molecule has 1 amide bonds. The Morgan fingerprint density at radius 3 is 2.79 bits per heavy atom. The molecule has 0 spiro atoms. The van der Waals surface area contributed by atoms with Gasteiger partial charge < -0.3 is 15.4 Å². The first kappa shape index (κ1) is 14.8. The smallest absolute Gasteiger partial charge is 0.227 e. The number of hydrogen-bond acceptors (Lipinski definition) is 3. The van der Waals surface area contributed by atoms with Gasteiger partial charge in [0.1, 0.15) is 0 Å². The average Bonchev–Trinajstić information content (AvgIpc) is 2.45. The van der Waals surface area contributed by atoms with Crippen LogP contribution >= 0.6 is 0 Å². The van der Waals surface area contributed by atoms with E-state index in [2.05, 4.69) is 17.6 Å². The van der Waals surface area contributed by atoms with Crippen molar-refractivity contribution in [2.24, 2.45) is 5.41 Å². The van der Waals surface area contributed by atoms with Crippen LogP contribution in [-0.4, -0.2) is 38.3 Å². The summed E-state index contributed by atoms with van der Waals surface area (Å²) in [5, 5.41) is 6.33. The highest BCUT2D eigenvalue weighted by Gasteiger charge is 2.34. The number of piperidine rings is 1. The first-order chi connectivity index (χ1) is 9.21. The summed E-state index contributed by atoms with van der Waals surface area (Å²) in [5.41, 5.74) is -0.233. The fourth-order valence-electron chi connectivity index (χ4n) is 3.09. The molecular weight excluding hydrogens is 240 g/mol. The van der Waals surface area contributed by atoms with Gasteiger partial charge in [-0.15, -0.1) is 0 Å². The Kier molecular flexibility index (Phi) is 5.64. The molecule has 4 nitrogen and oxygen atoms in total. The Morgan fingerprint density at radius 2 is 2.11 bits per heavy atom. The fourth-order valence-corrected chi connectivity index (χ4v) is 3.09. The predicted molar refractivity (Wildman–Crippen MR) is 76.0 cm³/mol. The van der Waals surface area contributed by atoms with Crippen LogP contribution in [0.15, 0.2) is 0 Å². The summed E-state index contributed by atoms with van der Waals surface area (Å²) in [6.07, 6.45) is 8.81. The van der Waals surface area contributed by atoms with Crippen molar-refractivity contribution >= 4 is 5.91 Å². The van der Waals surface area contributed by atoms with Gasteiger partial charge in [-0.05, 0) is 39.2 Å². The Balaban J connectivity index is 1.60. The van der Waals surface area contributed by atoms with Gasteiger partial charge in [-0.25, -0.2) is 0 Å². The molecule has 2 rings (SSSR count). The van der Waals surface area contributed by atoms with Gasteiger partial charge in [0.25, 0.3) is 0 Å². The van der Waals surface area contributed by atoms with Crippen LogP contribution in [0.5, 0.6) is 0 Å². The third-order valence-corrected chi connectivity index (χ3v) is 4.44. The van der Waals surface area contributed by atoms with E-state index in [1.165, 1.54) is 32.1 Å². The molecule has 0 radical (unpaired) electrons.